The number of nitrogens with zero attached hydrogens (tertiary/aromatic N) is 2. The van der Waals surface area contributed by atoms with Gasteiger partial charge in [-0.1, -0.05) is 30.0 Å². The summed E-state index contributed by atoms with van der Waals surface area (Å²) in [7, 11) is 0. The number of hydrogen-bond acceptors (Lipinski definition) is 6. The third-order valence-corrected chi connectivity index (χ3v) is 3.68. The molecule has 0 fully saturated rings. The van der Waals surface area contributed by atoms with Gasteiger partial charge in [0.1, 0.15) is 0 Å². The van der Waals surface area contributed by atoms with Crippen molar-refractivity contribution < 1.29 is 9.90 Å². The van der Waals surface area contributed by atoms with Gasteiger partial charge in [-0.25, -0.2) is 0 Å². The number of anilines is 1. The first-order valence-corrected chi connectivity index (χ1v) is 6.36. The zero-order valence-electron chi connectivity index (χ0n) is 8.56. The molecule has 2 N–H and O–H groups in total. The van der Waals surface area contributed by atoms with Gasteiger partial charge in [0.15, 0.2) is 4.34 Å². The molecule has 0 amide bonds. The molecule has 1 atom stereocenters. The molecule has 1 heterocycles. The van der Waals surface area contributed by atoms with Crippen molar-refractivity contribution in [2.24, 2.45) is 0 Å². The van der Waals surface area contributed by atoms with Gasteiger partial charge >= 0.3 is 5.97 Å². The molecule has 1 rings (SSSR count). The van der Waals surface area contributed by atoms with Crippen LogP contribution in [0.15, 0.2) is 4.34 Å². The fraction of sp³-hybridized carbons (Fsp3) is 0.625. The van der Waals surface area contributed by atoms with E-state index in [1.807, 2.05) is 0 Å². The van der Waals surface area contributed by atoms with Crippen molar-refractivity contribution in [2.75, 3.05) is 11.1 Å². The summed E-state index contributed by atoms with van der Waals surface area (Å²) < 4.78 is 0.684. The van der Waals surface area contributed by atoms with E-state index in [0.29, 0.717) is 10.4 Å². The summed E-state index contributed by atoms with van der Waals surface area (Å²) in [6.45, 7) is 4.14. The van der Waals surface area contributed by atoms with E-state index in [1.165, 1.54) is 23.1 Å². The number of rotatable bonds is 6. The summed E-state index contributed by atoms with van der Waals surface area (Å²) >= 11 is 2.57. The number of aromatic nitrogens is 2. The Balaban J connectivity index is 2.45. The Morgan fingerprint density at radius 1 is 1.67 bits per heavy atom. The van der Waals surface area contributed by atoms with Gasteiger partial charge in [-0.05, 0) is 13.3 Å². The lowest BCUT2D eigenvalue weighted by Crippen LogP contribution is -2.12. The molecule has 0 spiro atoms. The second-order valence-corrected chi connectivity index (χ2v) is 5.21. The summed E-state index contributed by atoms with van der Waals surface area (Å²) in [4.78, 5) is 10.3. The van der Waals surface area contributed by atoms with Crippen LogP contribution in [0.4, 0.5) is 5.13 Å². The Morgan fingerprint density at radius 3 is 3.00 bits per heavy atom. The van der Waals surface area contributed by atoms with Crippen molar-refractivity contribution in [3.05, 3.63) is 0 Å². The summed E-state index contributed by atoms with van der Waals surface area (Å²) in [6.07, 6.45) is 1.01. The summed E-state index contributed by atoms with van der Waals surface area (Å²) in [5.74, 6) is -0.815. The predicted octanol–water partition coefficient (Wildman–Crippen LogP) is 1.93. The van der Waals surface area contributed by atoms with Crippen molar-refractivity contribution in [2.45, 2.75) is 30.6 Å². The third-order valence-electron chi connectivity index (χ3n) is 1.71. The molecular weight excluding hydrogens is 234 g/mol. The van der Waals surface area contributed by atoms with Crippen LogP contribution in [0.2, 0.25) is 0 Å². The van der Waals surface area contributed by atoms with E-state index in [1.54, 1.807) is 0 Å². The van der Waals surface area contributed by atoms with Crippen molar-refractivity contribution in [3.63, 3.8) is 0 Å². The van der Waals surface area contributed by atoms with Crippen molar-refractivity contribution in [3.8, 4) is 0 Å². The van der Waals surface area contributed by atoms with E-state index in [0.717, 1.165) is 11.6 Å². The second kappa shape index (κ2) is 5.92. The molecule has 0 aromatic carbocycles. The molecule has 0 radical (unpaired) electrons. The minimum Gasteiger partial charge on any atom is -0.481 e. The summed E-state index contributed by atoms with van der Waals surface area (Å²) in [5, 5.41) is 20.2. The Morgan fingerprint density at radius 2 is 2.40 bits per heavy atom. The monoisotopic (exact) mass is 247 g/mol. The van der Waals surface area contributed by atoms with Crippen LogP contribution < -0.4 is 5.32 Å². The van der Waals surface area contributed by atoms with Crippen LogP contribution >= 0.6 is 23.1 Å². The Labute approximate surface area is 96.3 Å². The van der Waals surface area contributed by atoms with Crippen LogP contribution in [0.1, 0.15) is 20.3 Å². The van der Waals surface area contributed by atoms with Gasteiger partial charge in [0.2, 0.25) is 5.13 Å². The van der Waals surface area contributed by atoms with E-state index in [2.05, 4.69) is 29.4 Å². The molecule has 1 aromatic rings. The number of nitrogens with one attached hydrogen (secondary N) is 1. The highest BCUT2D eigenvalue weighted by Crippen LogP contribution is 2.25. The van der Waals surface area contributed by atoms with Gasteiger partial charge in [-0.2, -0.15) is 0 Å². The number of aliphatic carboxylic acids is 1. The standard InChI is InChI=1S/C8H13N3O2S2/c1-3-5(2)9-7-10-11-8(15-7)14-4-6(12)13/h5H,3-4H2,1-2H3,(H,9,10)(H,12,13). The molecule has 84 valence electrons. The SMILES string of the molecule is CCC(C)Nc1nnc(SCC(=O)O)s1. The van der Waals surface area contributed by atoms with E-state index in [9.17, 15) is 4.79 Å². The first kappa shape index (κ1) is 12.3. The smallest absolute Gasteiger partial charge is 0.313 e. The van der Waals surface area contributed by atoms with E-state index in [4.69, 9.17) is 5.11 Å². The number of carbonyl (C=O) groups is 1. The van der Waals surface area contributed by atoms with Gasteiger partial charge in [0.25, 0.3) is 0 Å². The molecule has 0 aliphatic rings. The maximum Gasteiger partial charge on any atom is 0.313 e. The molecule has 0 aliphatic heterocycles. The molecule has 7 heteroatoms. The second-order valence-electron chi connectivity index (χ2n) is 3.01. The van der Waals surface area contributed by atoms with E-state index >= 15 is 0 Å². The zero-order chi connectivity index (χ0) is 11.3. The Bertz CT molecular complexity index is 329. The lowest BCUT2D eigenvalue weighted by atomic mass is 10.3. The largest absolute Gasteiger partial charge is 0.481 e. The van der Waals surface area contributed by atoms with Crippen molar-refractivity contribution in [1.82, 2.24) is 10.2 Å². The minimum absolute atomic E-state index is 0.0258. The summed E-state index contributed by atoms with van der Waals surface area (Å²) in [6, 6.07) is 0.357. The molecule has 1 unspecified atom stereocenters. The fourth-order valence-corrected chi connectivity index (χ4v) is 2.35. The zero-order valence-corrected chi connectivity index (χ0v) is 10.2. The van der Waals surface area contributed by atoms with Crippen LogP contribution in [0, 0.1) is 0 Å². The van der Waals surface area contributed by atoms with Crippen LogP contribution in [0.25, 0.3) is 0 Å². The normalized spacial score (nSPS) is 12.4. The maximum absolute atomic E-state index is 10.3. The number of carboxylic acid groups (broad SMARTS) is 1. The van der Waals surface area contributed by atoms with Crippen LogP contribution in [-0.4, -0.2) is 33.1 Å². The third kappa shape index (κ3) is 4.48. The Hall–Kier alpha value is -0.820. The maximum atomic E-state index is 10.3. The quantitative estimate of drug-likeness (QED) is 0.748. The topological polar surface area (TPSA) is 75.1 Å². The number of hydrogen-bond donors (Lipinski definition) is 2. The first-order chi connectivity index (χ1) is 7.11. The molecule has 1 aromatic heterocycles. The molecule has 5 nitrogen and oxygen atoms in total. The molecule has 0 saturated carbocycles. The van der Waals surface area contributed by atoms with Crippen LogP contribution in [-0.2, 0) is 4.79 Å². The lowest BCUT2D eigenvalue weighted by molar-refractivity contribution is -0.133. The van der Waals surface area contributed by atoms with Gasteiger partial charge in [-0.15, -0.1) is 10.2 Å². The van der Waals surface area contributed by atoms with Gasteiger partial charge in [0, 0.05) is 6.04 Å². The van der Waals surface area contributed by atoms with Crippen molar-refractivity contribution >= 4 is 34.2 Å². The van der Waals surface area contributed by atoms with Crippen molar-refractivity contribution in [1.29, 1.82) is 0 Å². The first-order valence-electron chi connectivity index (χ1n) is 4.56. The predicted molar refractivity (Wildman–Crippen MR) is 61.6 cm³/mol. The van der Waals surface area contributed by atoms with Gasteiger partial charge in [0.05, 0.1) is 5.75 Å². The molecule has 0 saturated heterocycles. The van der Waals surface area contributed by atoms with E-state index < -0.39 is 5.97 Å². The highest BCUT2D eigenvalue weighted by Gasteiger charge is 2.08. The number of thioether (sulfide) groups is 1. The molecular formula is C8H13N3O2S2. The van der Waals surface area contributed by atoms with Crippen LogP contribution in [0.3, 0.4) is 0 Å². The number of carboxylic acids is 1. The van der Waals surface area contributed by atoms with Crippen LogP contribution in [0.5, 0.6) is 0 Å². The fourth-order valence-electron chi connectivity index (χ4n) is 0.763. The summed E-state index contributed by atoms with van der Waals surface area (Å²) in [5.41, 5.74) is 0. The molecule has 15 heavy (non-hydrogen) atoms. The average molecular weight is 247 g/mol. The minimum atomic E-state index is -0.841. The molecule has 0 aliphatic carbocycles. The lowest BCUT2D eigenvalue weighted by Gasteiger charge is -2.07. The highest BCUT2D eigenvalue weighted by molar-refractivity contribution is 8.01. The molecule has 0 bridgehead atoms. The van der Waals surface area contributed by atoms with Gasteiger partial charge in [-0.3, -0.25) is 4.79 Å². The average Bonchev–Trinajstić information content (AvgIpc) is 2.62. The Kier molecular flexibility index (Phi) is 4.83. The van der Waals surface area contributed by atoms with Gasteiger partial charge < -0.3 is 10.4 Å². The highest BCUT2D eigenvalue weighted by atomic mass is 32.2. The van der Waals surface area contributed by atoms with E-state index in [-0.39, 0.29) is 5.75 Å².